The molecule has 2 N–H and O–H groups in total. The van der Waals surface area contributed by atoms with Crippen LogP contribution in [0, 0.1) is 6.92 Å². The second kappa shape index (κ2) is 4.34. The lowest BCUT2D eigenvalue weighted by Gasteiger charge is -2.05. The topological polar surface area (TPSA) is 62.3 Å². The van der Waals surface area contributed by atoms with Gasteiger partial charge >= 0.3 is 0 Å². The van der Waals surface area contributed by atoms with Crippen LogP contribution in [0.5, 0.6) is 11.5 Å². The van der Waals surface area contributed by atoms with Gasteiger partial charge in [-0.15, -0.1) is 0 Å². The highest BCUT2D eigenvalue weighted by molar-refractivity contribution is 5.50. The SMILES string of the molecule is Cc1nc(CCN)cn1-c1ccc2c(c1)OCO2. The highest BCUT2D eigenvalue weighted by Gasteiger charge is 2.14. The summed E-state index contributed by atoms with van der Waals surface area (Å²) in [4.78, 5) is 4.48. The van der Waals surface area contributed by atoms with Gasteiger partial charge in [0, 0.05) is 18.7 Å². The van der Waals surface area contributed by atoms with E-state index in [-0.39, 0.29) is 0 Å². The number of rotatable bonds is 3. The van der Waals surface area contributed by atoms with Crippen LogP contribution in [0.15, 0.2) is 24.4 Å². The zero-order valence-corrected chi connectivity index (χ0v) is 10.2. The van der Waals surface area contributed by atoms with Gasteiger partial charge < -0.3 is 19.8 Å². The number of benzene rings is 1. The monoisotopic (exact) mass is 245 g/mol. The zero-order chi connectivity index (χ0) is 12.5. The molecule has 5 heteroatoms. The van der Waals surface area contributed by atoms with E-state index in [1.807, 2.05) is 35.9 Å². The summed E-state index contributed by atoms with van der Waals surface area (Å²) in [6.45, 7) is 2.88. The molecule has 0 bridgehead atoms. The lowest BCUT2D eigenvalue weighted by molar-refractivity contribution is 0.174. The average Bonchev–Trinajstić information content (AvgIpc) is 2.95. The van der Waals surface area contributed by atoms with Gasteiger partial charge in [-0.25, -0.2) is 4.98 Å². The van der Waals surface area contributed by atoms with E-state index in [0.29, 0.717) is 13.3 Å². The Kier molecular flexibility index (Phi) is 2.68. The van der Waals surface area contributed by atoms with Gasteiger partial charge in [0.15, 0.2) is 11.5 Å². The molecule has 1 aliphatic heterocycles. The first kappa shape index (κ1) is 11.1. The van der Waals surface area contributed by atoms with Gasteiger partial charge in [-0.3, -0.25) is 0 Å². The fourth-order valence-corrected chi connectivity index (χ4v) is 2.10. The maximum Gasteiger partial charge on any atom is 0.231 e. The van der Waals surface area contributed by atoms with Crippen LogP contribution < -0.4 is 15.2 Å². The Morgan fingerprint density at radius 2 is 2.17 bits per heavy atom. The Balaban J connectivity index is 1.99. The number of hydrogen-bond acceptors (Lipinski definition) is 4. The van der Waals surface area contributed by atoms with Crippen molar-refractivity contribution in [3.63, 3.8) is 0 Å². The number of nitrogens with zero attached hydrogens (tertiary/aromatic N) is 2. The molecule has 0 radical (unpaired) electrons. The van der Waals surface area contributed by atoms with Crippen molar-refractivity contribution in [2.45, 2.75) is 13.3 Å². The van der Waals surface area contributed by atoms with Gasteiger partial charge in [0.25, 0.3) is 0 Å². The summed E-state index contributed by atoms with van der Waals surface area (Å²) >= 11 is 0. The third-order valence-electron chi connectivity index (χ3n) is 2.97. The molecule has 0 unspecified atom stereocenters. The van der Waals surface area contributed by atoms with Crippen LogP contribution in [0.25, 0.3) is 5.69 Å². The molecular formula is C13H15N3O2. The largest absolute Gasteiger partial charge is 0.454 e. The minimum absolute atomic E-state index is 0.292. The van der Waals surface area contributed by atoms with Crippen molar-refractivity contribution in [2.24, 2.45) is 5.73 Å². The summed E-state index contributed by atoms with van der Waals surface area (Å²) in [6.07, 6.45) is 2.80. The highest BCUT2D eigenvalue weighted by Crippen LogP contribution is 2.33. The van der Waals surface area contributed by atoms with E-state index in [9.17, 15) is 0 Å². The van der Waals surface area contributed by atoms with E-state index in [4.69, 9.17) is 15.2 Å². The number of ether oxygens (including phenoxy) is 2. The summed E-state index contributed by atoms with van der Waals surface area (Å²) in [5, 5.41) is 0. The normalized spacial score (nSPS) is 13.0. The van der Waals surface area contributed by atoms with Crippen LogP contribution in [-0.2, 0) is 6.42 Å². The molecule has 2 heterocycles. The van der Waals surface area contributed by atoms with E-state index in [1.54, 1.807) is 0 Å². The molecule has 0 aliphatic carbocycles. The average molecular weight is 245 g/mol. The van der Waals surface area contributed by atoms with E-state index in [0.717, 1.165) is 35.1 Å². The summed E-state index contributed by atoms with van der Waals surface area (Å²) in [5.41, 5.74) is 7.57. The quantitative estimate of drug-likeness (QED) is 0.888. The standard InChI is InChI=1S/C13H15N3O2/c1-9-15-10(4-5-14)7-16(9)11-2-3-12-13(6-11)18-8-17-12/h2-3,6-7H,4-5,8,14H2,1H3. The predicted molar refractivity (Wildman–Crippen MR) is 67.2 cm³/mol. The number of aromatic nitrogens is 2. The Hall–Kier alpha value is -2.01. The van der Waals surface area contributed by atoms with Crippen molar-refractivity contribution in [1.82, 2.24) is 9.55 Å². The van der Waals surface area contributed by atoms with E-state index in [2.05, 4.69) is 4.98 Å². The summed E-state index contributed by atoms with van der Waals surface area (Å²) in [5.74, 6) is 2.51. The molecular weight excluding hydrogens is 230 g/mol. The summed E-state index contributed by atoms with van der Waals surface area (Å²) < 4.78 is 12.7. The third-order valence-corrected chi connectivity index (χ3v) is 2.97. The molecule has 94 valence electrons. The van der Waals surface area contributed by atoms with Gasteiger partial charge in [-0.05, 0) is 25.6 Å². The smallest absolute Gasteiger partial charge is 0.231 e. The lowest BCUT2D eigenvalue weighted by atomic mass is 10.2. The number of hydrogen-bond donors (Lipinski definition) is 1. The molecule has 3 rings (SSSR count). The molecule has 0 amide bonds. The maximum atomic E-state index is 5.55. The zero-order valence-electron chi connectivity index (χ0n) is 10.2. The minimum atomic E-state index is 0.292. The van der Waals surface area contributed by atoms with Crippen LogP contribution in [-0.4, -0.2) is 22.9 Å². The van der Waals surface area contributed by atoms with Gasteiger partial charge in [0.05, 0.1) is 11.4 Å². The van der Waals surface area contributed by atoms with Crippen molar-refractivity contribution in [3.8, 4) is 17.2 Å². The first-order valence-electron chi connectivity index (χ1n) is 5.93. The van der Waals surface area contributed by atoms with Crippen LogP contribution in [0.2, 0.25) is 0 Å². The lowest BCUT2D eigenvalue weighted by Crippen LogP contribution is -2.02. The number of nitrogens with two attached hydrogens (primary N) is 1. The molecule has 1 aromatic carbocycles. The Labute approximate surface area is 105 Å². The predicted octanol–water partition coefficient (Wildman–Crippen LogP) is 1.41. The molecule has 1 aromatic heterocycles. The van der Waals surface area contributed by atoms with Gasteiger partial charge in [-0.1, -0.05) is 0 Å². The van der Waals surface area contributed by atoms with E-state index in [1.165, 1.54) is 0 Å². The Bertz CT molecular complexity index is 578. The highest BCUT2D eigenvalue weighted by atomic mass is 16.7. The maximum absolute atomic E-state index is 5.55. The number of fused-ring (bicyclic) bond motifs is 1. The summed E-state index contributed by atoms with van der Waals surface area (Å²) in [6, 6.07) is 5.87. The molecule has 0 fully saturated rings. The second-order valence-corrected chi connectivity index (χ2v) is 4.23. The molecule has 0 spiro atoms. The Morgan fingerprint density at radius 3 is 3.00 bits per heavy atom. The molecule has 2 aromatic rings. The molecule has 0 saturated carbocycles. The van der Waals surface area contributed by atoms with Gasteiger partial charge in [0.1, 0.15) is 5.82 Å². The first-order valence-corrected chi connectivity index (χ1v) is 5.93. The van der Waals surface area contributed by atoms with Gasteiger partial charge in [0.2, 0.25) is 6.79 Å². The van der Waals surface area contributed by atoms with Crippen molar-refractivity contribution in [3.05, 3.63) is 35.9 Å². The minimum Gasteiger partial charge on any atom is -0.454 e. The van der Waals surface area contributed by atoms with Crippen molar-refractivity contribution in [1.29, 1.82) is 0 Å². The number of imidazole rings is 1. The fraction of sp³-hybridized carbons (Fsp3) is 0.308. The second-order valence-electron chi connectivity index (χ2n) is 4.23. The first-order chi connectivity index (χ1) is 8.78. The van der Waals surface area contributed by atoms with Crippen molar-refractivity contribution in [2.75, 3.05) is 13.3 Å². The van der Waals surface area contributed by atoms with Crippen LogP contribution in [0.1, 0.15) is 11.5 Å². The fourth-order valence-electron chi connectivity index (χ4n) is 2.10. The molecule has 5 nitrogen and oxygen atoms in total. The third kappa shape index (κ3) is 1.82. The van der Waals surface area contributed by atoms with Crippen molar-refractivity contribution < 1.29 is 9.47 Å². The van der Waals surface area contributed by atoms with Crippen LogP contribution in [0.4, 0.5) is 0 Å². The molecule has 1 aliphatic rings. The van der Waals surface area contributed by atoms with E-state index < -0.39 is 0 Å². The van der Waals surface area contributed by atoms with E-state index >= 15 is 0 Å². The van der Waals surface area contributed by atoms with Crippen LogP contribution in [0.3, 0.4) is 0 Å². The van der Waals surface area contributed by atoms with Crippen molar-refractivity contribution >= 4 is 0 Å². The molecule has 0 atom stereocenters. The Morgan fingerprint density at radius 1 is 1.33 bits per heavy atom. The number of aryl methyl sites for hydroxylation is 1. The van der Waals surface area contributed by atoms with Crippen LogP contribution >= 0.6 is 0 Å². The molecule has 0 saturated heterocycles. The van der Waals surface area contributed by atoms with Gasteiger partial charge in [-0.2, -0.15) is 0 Å². The molecule has 18 heavy (non-hydrogen) atoms. The summed E-state index contributed by atoms with van der Waals surface area (Å²) in [7, 11) is 0.